The van der Waals surface area contributed by atoms with Gasteiger partial charge in [0.25, 0.3) is 0 Å². The van der Waals surface area contributed by atoms with Crippen LogP contribution in [0.3, 0.4) is 0 Å². The molecule has 1 aromatic carbocycles. The first-order valence-corrected chi connectivity index (χ1v) is 11.0. The van der Waals surface area contributed by atoms with Crippen LogP contribution in [0.25, 0.3) is 0 Å². The van der Waals surface area contributed by atoms with Crippen LogP contribution in [0.4, 0.5) is 16.2 Å². The van der Waals surface area contributed by atoms with Gasteiger partial charge >= 0.3 is 0 Å². The van der Waals surface area contributed by atoms with Crippen LogP contribution in [0.1, 0.15) is 36.4 Å². The summed E-state index contributed by atoms with van der Waals surface area (Å²) in [5, 5.41) is 3.63. The summed E-state index contributed by atoms with van der Waals surface area (Å²) in [4.78, 5) is 12.5. The summed E-state index contributed by atoms with van der Waals surface area (Å²) in [6.45, 7) is 1.67. The van der Waals surface area contributed by atoms with Crippen molar-refractivity contribution in [3.63, 3.8) is 0 Å². The van der Waals surface area contributed by atoms with Crippen LogP contribution in [0.2, 0.25) is 0 Å². The molecule has 2 aromatic rings. The quantitative estimate of drug-likeness (QED) is 0.879. The summed E-state index contributed by atoms with van der Waals surface area (Å²) in [7, 11) is -0.991. The molecule has 3 aliphatic carbocycles. The van der Waals surface area contributed by atoms with Crippen molar-refractivity contribution in [1.29, 1.82) is 0 Å². The predicted octanol–water partition coefficient (Wildman–Crippen LogP) is 2.85. The Morgan fingerprint density at radius 2 is 1.89 bits per heavy atom. The summed E-state index contributed by atoms with van der Waals surface area (Å²) in [6, 6.07) is 6.76. The van der Waals surface area contributed by atoms with Gasteiger partial charge in [-0.3, -0.25) is 4.21 Å². The second-order valence-corrected chi connectivity index (χ2v) is 9.99. The van der Waals surface area contributed by atoms with E-state index >= 15 is 0 Å². The molecular weight excluding hydrogens is 363 g/mol. The zero-order chi connectivity index (χ0) is 18.2. The van der Waals surface area contributed by atoms with E-state index < -0.39 is 10.8 Å². The molecule has 5 aliphatic rings. The SMILES string of the molecule is O=S1CCc2nc(N3CC(c4ccc(F)cc4)C3)nc(NC34CC(C3)C4)c21. The Morgan fingerprint density at radius 3 is 2.56 bits per heavy atom. The van der Waals surface area contributed by atoms with E-state index in [0.717, 1.165) is 53.3 Å². The Labute approximate surface area is 159 Å². The highest BCUT2D eigenvalue weighted by Gasteiger charge is 2.57. The van der Waals surface area contributed by atoms with Crippen molar-refractivity contribution in [2.75, 3.05) is 29.1 Å². The third kappa shape index (κ3) is 2.43. The molecule has 3 saturated carbocycles. The second-order valence-electron chi connectivity index (χ2n) is 8.48. The van der Waals surface area contributed by atoms with E-state index in [1.807, 2.05) is 12.1 Å². The third-order valence-electron chi connectivity index (χ3n) is 6.60. The van der Waals surface area contributed by atoms with Crippen LogP contribution in [-0.2, 0) is 17.2 Å². The van der Waals surface area contributed by atoms with Gasteiger partial charge in [-0.1, -0.05) is 12.1 Å². The molecule has 7 rings (SSSR count). The van der Waals surface area contributed by atoms with Crippen LogP contribution in [0.15, 0.2) is 29.2 Å². The molecular formula is C20H21FN4OS. The first kappa shape index (κ1) is 16.0. The molecule has 3 heterocycles. The van der Waals surface area contributed by atoms with E-state index in [0.29, 0.717) is 11.7 Å². The number of benzene rings is 1. The lowest BCUT2D eigenvalue weighted by Crippen LogP contribution is -2.63. The molecule has 5 nitrogen and oxygen atoms in total. The fraction of sp³-hybridized carbons (Fsp3) is 0.500. The predicted molar refractivity (Wildman–Crippen MR) is 102 cm³/mol. The number of aryl methyl sites for hydroxylation is 1. The van der Waals surface area contributed by atoms with Crippen LogP contribution >= 0.6 is 0 Å². The molecule has 1 aromatic heterocycles. The number of hydrogen-bond acceptors (Lipinski definition) is 5. The molecule has 7 heteroatoms. The second kappa shape index (κ2) is 5.50. The van der Waals surface area contributed by atoms with Crippen molar-refractivity contribution in [2.24, 2.45) is 5.92 Å². The maximum atomic E-state index is 13.1. The van der Waals surface area contributed by atoms with Gasteiger partial charge < -0.3 is 10.2 Å². The fourth-order valence-electron chi connectivity index (χ4n) is 4.88. The van der Waals surface area contributed by atoms with E-state index in [-0.39, 0.29) is 11.4 Å². The van der Waals surface area contributed by atoms with Gasteiger partial charge in [0.2, 0.25) is 5.95 Å². The number of rotatable bonds is 4. The normalized spacial score (nSPS) is 30.9. The standard InChI is InChI=1S/C20H21FN4OS/c21-15-3-1-13(2-4-15)14-10-25(11-14)19-22-16-5-6-27(26)17(16)18(23-19)24-20-7-12(8-20)9-20/h1-4,12,14H,5-11H2,(H,22,23,24). The highest BCUT2D eigenvalue weighted by Crippen LogP contribution is 2.58. The van der Waals surface area contributed by atoms with Gasteiger partial charge in [0.05, 0.1) is 16.5 Å². The van der Waals surface area contributed by atoms with E-state index in [9.17, 15) is 8.60 Å². The lowest BCUT2D eigenvalue weighted by Gasteiger charge is -2.62. The summed E-state index contributed by atoms with van der Waals surface area (Å²) in [6.07, 6.45) is 4.40. The van der Waals surface area contributed by atoms with Gasteiger partial charge in [-0.25, -0.2) is 9.37 Å². The fourth-order valence-corrected chi connectivity index (χ4v) is 6.19. The lowest BCUT2D eigenvalue weighted by atomic mass is 9.50. The van der Waals surface area contributed by atoms with E-state index in [2.05, 4.69) is 10.2 Å². The highest BCUT2D eigenvalue weighted by molar-refractivity contribution is 7.85. The minimum Gasteiger partial charge on any atom is -0.363 e. The van der Waals surface area contributed by atoms with E-state index in [1.54, 1.807) is 0 Å². The molecule has 1 N–H and O–H groups in total. The van der Waals surface area contributed by atoms with Crippen molar-refractivity contribution in [3.8, 4) is 0 Å². The number of fused-ring (bicyclic) bond motifs is 1. The first-order chi connectivity index (χ1) is 13.1. The van der Waals surface area contributed by atoms with Gasteiger partial charge in [0.1, 0.15) is 16.5 Å². The molecule has 140 valence electrons. The number of hydrogen-bond donors (Lipinski definition) is 1. The average Bonchev–Trinajstić information content (AvgIpc) is 2.91. The molecule has 4 fully saturated rings. The summed E-state index contributed by atoms with van der Waals surface area (Å²) in [5.41, 5.74) is 2.29. The number of halogens is 1. The monoisotopic (exact) mass is 384 g/mol. The first-order valence-electron chi connectivity index (χ1n) is 9.66. The van der Waals surface area contributed by atoms with Crippen molar-refractivity contribution in [3.05, 3.63) is 41.3 Å². The Kier molecular flexibility index (Phi) is 3.26. The molecule has 0 radical (unpaired) electrons. The number of nitrogens with one attached hydrogen (secondary N) is 1. The smallest absolute Gasteiger partial charge is 0.227 e. The van der Waals surface area contributed by atoms with Crippen molar-refractivity contribution >= 4 is 22.6 Å². The zero-order valence-electron chi connectivity index (χ0n) is 14.9. The van der Waals surface area contributed by atoms with Crippen LogP contribution in [-0.4, -0.2) is 38.6 Å². The maximum absolute atomic E-state index is 13.1. The molecule has 0 spiro atoms. The minimum atomic E-state index is -0.991. The Balaban J connectivity index is 1.26. The summed E-state index contributed by atoms with van der Waals surface area (Å²) >= 11 is 0. The molecule has 1 atom stereocenters. The van der Waals surface area contributed by atoms with E-state index in [1.165, 1.54) is 31.4 Å². The third-order valence-corrected chi connectivity index (χ3v) is 8.06. The maximum Gasteiger partial charge on any atom is 0.227 e. The molecule has 2 bridgehead atoms. The number of aromatic nitrogens is 2. The number of nitrogens with zero attached hydrogens (tertiary/aromatic N) is 3. The van der Waals surface area contributed by atoms with Gasteiger partial charge in [-0.05, 0) is 42.9 Å². The van der Waals surface area contributed by atoms with Gasteiger partial charge in [-0.15, -0.1) is 0 Å². The summed E-state index contributed by atoms with van der Waals surface area (Å²) < 4.78 is 25.6. The molecule has 2 aliphatic heterocycles. The lowest BCUT2D eigenvalue weighted by molar-refractivity contribution is 0.00158. The van der Waals surface area contributed by atoms with Crippen molar-refractivity contribution in [1.82, 2.24) is 9.97 Å². The Bertz CT molecular complexity index is 940. The molecule has 1 saturated heterocycles. The largest absolute Gasteiger partial charge is 0.363 e. The topological polar surface area (TPSA) is 58.1 Å². The van der Waals surface area contributed by atoms with Crippen LogP contribution < -0.4 is 10.2 Å². The minimum absolute atomic E-state index is 0.197. The van der Waals surface area contributed by atoms with Crippen LogP contribution in [0, 0.1) is 11.7 Å². The molecule has 1 unspecified atom stereocenters. The van der Waals surface area contributed by atoms with Gasteiger partial charge in [0, 0.05) is 36.7 Å². The highest BCUT2D eigenvalue weighted by atomic mass is 32.2. The zero-order valence-corrected chi connectivity index (χ0v) is 15.8. The van der Waals surface area contributed by atoms with Gasteiger partial charge in [0.15, 0.2) is 0 Å². The van der Waals surface area contributed by atoms with E-state index in [4.69, 9.17) is 9.97 Å². The number of anilines is 2. The van der Waals surface area contributed by atoms with Gasteiger partial charge in [-0.2, -0.15) is 4.98 Å². The molecule has 27 heavy (non-hydrogen) atoms. The average molecular weight is 384 g/mol. The molecule has 0 amide bonds. The summed E-state index contributed by atoms with van der Waals surface area (Å²) in [5.74, 6) is 3.24. The van der Waals surface area contributed by atoms with Crippen molar-refractivity contribution in [2.45, 2.75) is 42.0 Å². The Hall–Kier alpha value is -2.02. The van der Waals surface area contributed by atoms with Crippen molar-refractivity contribution < 1.29 is 8.60 Å². The van der Waals surface area contributed by atoms with Crippen LogP contribution in [0.5, 0.6) is 0 Å². The Morgan fingerprint density at radius 1 is 1.15 bits per heavy atom.